The Hall–Kier alpha value is -4.02. The first-order valence-corrected chi connectivity index (χ1v) is 9.05. The Morgan fingerprint density at radius 2 is 2.10 bits per heavy atom. The van der Waals surface area contributed by atoms with Crippen molar-refractivity contribution in [3.63, 3.8) is 0 Å². The van der Waals surface area contributed by atoms with Gasteiger partial charge in [0.15, 0.2) is 5.58 Å². The third-order valence-corrected chi connectivity index (χ3v) is 4.19. The van der Waals surface area contributed by atoms with Crippen molar-refractivity contribution in [3.8, 4) is 5.75 Å². The van der Waals surface area contributed by atoms with Crippen molar-refractivity contribution in [2.75, 3.05) is 24.6 Å². The number of non-ortho nitro benzene ring substituents is 1. The van der Waals surface area contributed by atoms with Crippen molar-refractivity contribution in [2.45, 2.75) is 13.8 Å². The molecule has 1 aromatic heterocycles. The molecule has 0 radical (unpaired) electrons. The Bertz CT molecular complexity index is 1110. The molecule has 0 aliphatic heterocycles. The van der Waals surface area contributed by atoms with Crippen LogP contribution in [0.25, 0.3) is 11.1 Å². The number of hydrogen-bond acceptors (Lipinski definition) is 10. The van der Waals surface area contributed by atoms with Gasteiger partial charge < -0.3 is 19.2 Å². The summed E-state index contributed by atoms with van der Waals surface area (Å²) in [5.41, 5.74) is 1.42. The normalized spacial score (nSPS) is 11.1. The number of fused-ring (bicyclic) bond motifs is 1. The van der Waals surface area contributed by atoms with Crippen LogP contribution < -0.4 is 4.90 Å². The summed E-state index contributed by atoms with van der Waals surface area (Å²) in [6, 6.07) is 8.79. The molecule has 0 aliphatic carbocycles. The summed E-state index contributed by atoms with van der Waals surface area (Å²) >= 11 is 0. The summed E-state index contributed by atoms with van der Waals surface area (Å²) in [6.45, 7) is 4.65. The van der Waals surface area contributed by atoms with E-state index in [0.29, 0.717) is 18.6 Å². The number of hydrogen-bond donors (Lipinski definition) is 1. The van der Waals surface area contributed by atoms with Crippen molar-refractivity contribution in [1.82, 2.24) is 4.98 Å². The number of carbonyl (C=O) groups excluding carboxylic acids is 1. The predicted octanol–water partition coefficient (Wildman–Crippen LogP) is 4.25. The molecule has 0 unspecified atom stereocenters. The van der Waals surface area contributed by atoms with Crippen molar-refractivity contribution in [3.05, 3.63) is 46.5 Å². The predicted molar refractivity (Wildman–Crippen MR) is 107 cm³/mol. The molecule has 2 aromatic carbocycles. The van der Waals surface area contributed by atoms with Gasteiger partial charge in [-0.3, -0.25) is 14.9 Å². The summed E-state index contributed by atoms with van der Waals surface area (Å²) in [7, 11) is 0. The minimum Gasteiger partial charge on any atom is -0.506 e. The van der Waals surface area contributed by atoms with Crippen LogP contribution in [0.2, 0.25) is 0 Å². The lowest BCUT2D eigenvalue weighted by Crippen LogP contribution is -2.27. The first kappa shape index (κ1) is 20.7. The van der Waals surface area contributed by atoms with Gasteiger partial charge in [-0.1, -0.05) is 5.11 Å². The van der Waals surface area contributed by atoms with Crippen LogP contribution in [-0.2, 0) is 9.53 Å². The molecular formula is C19H19N5O6. The van der Waals surface area contributed by atoms with Gasteiger partial charge in [0.25, 0.3) is 5.69 Å². The fraction of sp³-hybridized carbons (Fsp3) is 0.263. The van der Waals surface area contributed by atoms with E-state index in [-0.39, 0.29) is 41.3 Å². The van der Waals surface area contributed by atoms with Crippen LogP contribution in [0.3, 0.4) is 0 Å². The Morgan fingerprint density at radius 1 is 1.30 bits per heavy atom. The topological polar surface area (TPSA) is 144 Å². The molecule has 1 heterocycles. The van der Waals surface area contributed by atoms with E-state index in [4.69, 9.17) is 9.15 Å². The lowest BCUT2D eigenvalue weighted by molar-refractivity contribution is -0.384. The van der Waals surface area contributed by atoms with Gasteiger partial charge in [0.2, 0.25) is 0 Å². The molecule has 0 fully saturated rings. The van der Waals surface area contributed by atoms with Gasteiger partial charge in [-0.2, -0.15) is 4.98 Å². The number of likely N-dealkylation sites (N-methyl/N-ethyl adjacent to an activating group) is 1. The second kappa shape index (κ2) is 8.99. The van der Waals surface area contributed by atoms with E-state index < -0.39 is 4.92 Å². The van der Waals surface area contributed by atoms with Crippen LogP contribution in [-0.4, -0.2) is 40.7 Å². The number of ether oxygens (including phenoxy) is 1. The maximum Gasteiger partial charge on any atom is 0.341 e. The quantitative estimate of drug-likeness (QED) is 0.250. The fourth-order valence-corrected chi connectivity index (χ4v) is 2.72. The van der Waals surface area contributed by atoms with E-state index in [2.05, 4.69) is 15.2 Å². The smallest absolute Gasteiger partial charge is 0.341 e. The second-order valence-corrected chi connectivity index (χ2v) is 6.20. The standard InChI is InChI=1S/C19H19N5O6/c1-3-23(8-9-29-12(2)25)13-4-6-15(17(26)10-13)21-22-19-20-16-7-5-14(24(27)28)11-18(16)30-19/h4-7,10-11,26H,3,8-9H2,1-2H3. The maximum atomic E-state index is 10.9. The second-order valence-electron chi connectivity index (χ2n) is 6.20. The van der Waals surface area contributed by atoms with Crippen LogP contribution in [0.4, 0.5) is 23.1 Å². The molecule has 1 N–H and O–H groups in total. The van der Waals surface area contributed by atoms with Gasteiger partial charge in [0.1, 0.15) is 23.6 Å². The highest BCUT2D eigenvalue weighted by Crippen LogP contribution is 2.33. The van der Waals surface area contributed by atoms with E-state index in [1.165, 1.54) is 31.2 Å². The molecule has 11 heteroatoms. The number of nitrogens with zero attached hydrogens (tertiary/aromatic N) is 5. The molecule has 0 bridgehead atoms. The van der Waals surface area contributed by atoms with E-state index in [0.717, 1.165) is 5.69 Å². The van der Waals surface area contributed by atoms with Crippen molar-refractivity contribution < 1.29 is 24.0 Å². The Labute approximate surface area is 170 Å². The van der Waals surface area contributed by atoms with Crippen LogP contribution >= 0.6 is 0 Å². The average molecular weight is 413 g/mol. The molecule has 0 aliphatic rings. The summed E-state index contributed by atoms with van der Waals surface area (Å²) in [5.74, 6) is -0.451. The van der Waals surface area contributed by atoms with Crippen molar-refractivity contribution in [1.29, 1.82) is 0 Å². The number of nitro groups is 1. The number of oxazole rings is 1. The summed E-state index contributed by atoms with van der Waals surface area (Å²) in [4.78, 5) is 27.2. The number of aromatic hydroxyl groups is 1. The summed E-state index contributed by atoms with van der Waals surface area (Å²) < 4.78 is 10.3. The number of nitro benzene ring substituents is 1. The van der Waals surface area contributed by atoms with Gasteiger partial charge in [-0.05, 0) is 25.1 Å². The van der Waals surface area contributed by atoms with Crippen LogP contribution in [0.5, 0.6) is 5.75 Å². The molecular weight excluding hydrogens is 394 g/mol. The Kier molecular flexibility index (Phi) is 6.20. The minimum atomic E-state index is -0.533. The van der Waals surface area contributed by atoms with Crippen LogP contribution in [0.1, 0.15) is 13.8 Å². The van der Waals surface area contributed by atoms with E-state index >= 15 is 0 Å². The molecule has 3 rings (SSSR count). The molecule has 3 aromatic rings. The van der Waals surface area contributed by atoms with E-state index in [1.54, 1.807) is 12.1 Å². The molecule has 0 saturated carbocycles. The van der Waals surface area contributed by atoms with E-state index in [1.807, 2.05) is 11.8 Å². The highest BCUT2D eigenvalue weighted by Gasteiger charge is 2.12. The highest BCUT2D eigenvalue weighted by molar-refractivity contribution is 5.76. The molecule has 0 saturated heterocycles. The minimum absolute atomic E-state index is 0.0921. The lowest BCUT2D eigenvalue weighted by Gasteiger charge is -2.23. The zero-order valence-electron chi connectivity index (χ0n) is 16.3. The molecule has 0 amide bonds. The first-order valence-electron chi connectivity index (χ1n) is 9.05. The number of benzene rings is 2. The number of carbonyl (C=O) groups is 1. The van der Waals surface area contributed by atoms with Gasteiger partial charge in [-0.25, -0.2) is 0 Å². The number of rotatable bonds is 8. The zero-order valence-corrected chi connectivity index (χ0v) is 16.3. The summed E-state index contributed by atoms with van der Waals surface area (Å²) in [6.07, 6.45) is 0. The molecule has 30 heavy (non-hydrogen) atoms. The van der Waals surface area contributed by atoms with Crippen LogP contribution in [0.15, 0.2) is 51.0 Å². The monoisotopic (exact) mass is 413 g/mol. The number of esters is 1. The third-order valence-electron chi connectivity index (χ3n) is 4.19. The Balaban J connectivity index is 1.75. The molecule has 11 nitrogen and oxygen atoms in total. The summed E-state index contributed by atoms with van der Waals surface area (Å²) in [5, 5.41) is 28.9. The Morgan fingerprint density at radius 3 is 2.77 bits per heavy atom. The molecule has 156 valence electrons. The molecule has 0 spiro atoms. The highest BCUT2D eigenvalue weighted by atomic mass is 16.6. The fourth-order valence-electron chi connectivity index (χ4n) is 2.72. The number of phenolic OH excluding ortho intramolecular Hbond substituents is 1. The van der Waals surface area contributed by atoms with Crippen LogP contribution in [0, 0.1) is 10.1 Å². The number of azo groups is 1. The molecule has 0 atom stereocenters. The van der Waals surface area contributed by atoms with Crippen molar-refractivity contribution in [2.24, 2.45) is 10.2 Å². The third kappa shape index (κ3) is 4.87. The van der Waals surface area contributed by atoms with Gasteiger partial charge in [0.05, 0.1) is 17.5 Å². The number of phenols is 1. The number of aromatic nitrogens is 1. The largest absolute Gasteiger partial charge is 0.506 e. The zero-order chi connectivity index (χ0) is 21.7. The van der Waals surface area contributed by atoms with Gasteiger partial charge >= 0.3 is 12.0 Å². The first-order chi connectivity index (χ1) is 14.4. The van der Waals surface area contributed by atoms with Gasteiger partial charge in [-0.15, -0.1) is 5.11 Å². The van der Waals surface area contributed by atoms with Gasteiger partial charge in [0, 0.05) is 31.3 Å². The SMILES string of the molecule is CCN(CCOC(C)=O)c1ccc(N=Nc2nc3ccc([N+](=O)[O-])cc3o2)c(O)c1. The average Bonchev–Trinajstić information content (AvgIpc) is 3.12. The maximum absolute atomic E-state index is 10.9. The van der Waals surface area contributed by atoms with Crippen molar-refractivity contribution >= 4 is 40.1 Å². The van der Waals surface area contributed by atoms with E-state index in [9.17, 15) is 20.0 Å². The lowest BCUT2D eigenvalue weighted by atomic mass is 10.2. The number of anilines is 1.